The van der Waals surface area contributed by atoms with Gasteiger partial charge < -0.3 is 14.8 Å². The fourth-order valence-electron chi connectivity index (χ4n) is 4.25. The predicted octanol–water partition coefficient (Wildman–Crippen LogP) is 9.61. The van der Waals surface area contributed by atoms with Crippen molar-refractivity contribution in [3.8, 4) is 17.6 Å². The number of halogens is 3. The minimum absolute atomic E-state index is 0.0379. The number of anilines is 1. The molecule has 0 unspecified atom stereocenters. The number of hydrogen-bond acceptors (Lipinski definition) is 4. The molecule has 0 saturated carbocycles. The minimum atomic E-state index is -0.522. The number of nitrogens with one attached hydrogen (secondary N) is 1. The third kappa shape index (κ3) is 7.32. The van der Waals surface area contributed by atoms with E-state index in [2.05, 4.69) is 39.4 Å². The van der Waals surface area contributed by atoms with E-state index in [0.717, 1.165) is 21.9 Å². The Morgan fingerprint density at radius 3 is 2.38 bits per heavy atom. The highest BCUT2D eigenvalue weighted by Crippen LogP contribution is 2.29. The highest BCUT2D eigenvalue weighted by atomic mass is 79.9. The fourth-order valence-corrected chi connectivity index (χ4v) is 5.22. The van der Waals surface area contributed by atoms with Crippen molar-refractivity contribution in [3.05, 3.63) is 140 Å². The zero-order chi connectivity index (χ0) is 29.5. The lowest BCUT2D eigenvalue weighted by atomic mass is 10.1. The number of fused-ring (bicyclic) bond motifs is 1. The average Bonchev–Trinajstić information content (AvgIpc) is 2.99. The van der Waals surface area contributed by atoms with Crippen LogP contribution in [0.3, 0.4) is 0 Å². The normalized spacial score (nSPS) is 11.1. The molecule has 5 nitrogen and oxygen atoms in total. The van der Waals surface area contributed by atoms with Crippen molar-refractivity contribution in [2.24, 2.45) is 0 Å². The molecule has 0 heterocycles. The van der Waals surface area contributed by atoms with Gasteiger partial charge in [0.15, 0.2) is 0 Å². The van der Waals surface area contributed by atoms with E-state index in [-0.39, 0.29) is 12.2 Å². The quantitative estimate of drug-likeness (QED) is 0.127. The van der Waals surface area contributed by atoms with Crippen molar-refractivity contribution < 1.29 is 14.3 Å². The number of rotatable bonds is 9. The zero-order valence-corrected chi connectivity index (χ0v) is 25.2. The molecule has 0 bridgehead atoms. The highest BCUT2D eigenvalue weighted by molar-refractivity contribution is 9.10. The Bertz CT molecular complexity index is 1830. The van der Waals surface area contributed by atoms with E-state index in [1.54, 1.807) is 48.5 Å². The van der Waals surface area contributed by atoms with Gasteiger partial charge in [0.1, 0.15) is 36.4 Å². The molecule has 5 aromatic carbocycles. The first-order valence-corrected chi connectivity index (χ1v) is 14.4. The standard InChI is InChI=1S/C34H23BrCl2N2O3/c35-31-17-22(8-15-33(31)42-20-24-6-3-5-23-4-1-2-7-30(23)24)16-26(19-38)34(40)39-28-11-13-29(14-12-28)41-21-25-9-10-27(36)18-32(25)37/h1-18H,20-21H2,(H,39,40)/b26-16+. The molecule has 0 aromatic heterocycles. The predicted molar refractivity (Wildman–Crippen MR) is 172 cm³/mol. The number of benzene rings is 5. The zero-order valence-electron chi connectivity index (χ0n) is 22.1. The fraction of sp³-hybridized carbons (Fsp3) is 0.0588. The number of nitriles is 1. The minimum Gasteiger partial charge on any atom is -0.489 e. The summed E-state index contributed by atoms with van der Waals surface area (Å²) < 4.78 is 12.6. The van der Waals surface area contributed by atoms with Gasteiger partial charge in [-0.1, -0.05) is 77.8 Å². The maximum Gasteiger partial charge on any atom is 0.266 e. The van der Waals surface area contributed by atoms with Gasteiger partial charge in [-0.2, -0.15) is 5.26 Å². The van der Waals surface area contributed by atoms with Crippen LogP contribution in [0.1, 0.15) is 16.7 Å². The average molecular weight is 658 g/mol. The summed E-state index contributed by atoms with van der Waals surface area (Å²) in [5.41, 5.74) is 3.05. The van der Waals surface area contributed by atoms with E-state index in [4.69, 9.17) is 32.7 Å². The summed E-state index contributed by atoms with van der Waals surface area (Å²) in [6.07, 6.45) is 1.53. The molecule has 0 radical (unpaired) electrons. The molecule has 208 valence electrons. The Hall–Kier alpha value is -4.28. The first-order chi connectivity index (χ1) is 20.4. The van der Waals surface area contributed by atoms with Crippen LogP contribution in [-0.2, 0) is 18.0 Å². The molecule has 0 aliphatic rings. The molecular weight excluding hydrogens is 635 g/mol. The number of hydrogen-bond donors (Lipinski definition) is 1. The van der Waals surface area contributed by atoms with E-state index in [0.29, 0.717) is 43.9 Å². The van der Waals surface area contributed by atoms with Gasteiger partial charge >= 0.3 is 0 Å². The van der Waals surface area contributed by atoms with Crippen LogP contribution < -0.4 is 14.8 Å². The maximum absolute atomic E-state index is 12.8. The van der Waals surface area contributed by atoms with Crippen molar-refractivity contribution in [1.82, 2.24) is 0 Å². The molecule has 5 rings (SSSR count). The van der Waals surface area contributed by atoms with Gasteiger partial charge in [-0.05, 0) is 92.4 Å². The van der Waals surface area contributed by atoms with Crippen molar-refractivity contribution in [1.29, 1.82) is 5.26 Å². The molecule has 42 heavy (non-hydrogen) atoms. The van der Waals surface area contributed by atoms with E-state index in [9.17, 15) is 10.1 Å². The van der Waals surface area contributed by atoms with E-state index in [1.807, 2.05) is 42.5 Å². The molecule has 1 amide bonds. The monoisotopic (exact) mass is 656 g/mol. The van der Waals surface area contributed by atoms with Gasteiger partial charge in [-0.3, -0.25) is 4.79 Å². The summed E-state index contributed by atoms with van der Waals surface area (Å²) >= 11 is 15.7. The number of carbonyl (C=O) groups excluding carboxylic acids is 1. The second-order valence-electron chi connectivity index (χ2n) is 9.29. The SMILES string of the molecule is N#C/C(=C\c1ccc(OCc2cccc3ccccc23)c(Br)c1)C(=O)Nc1ccc(OCc2ccc(Cl)cc2Cl)cc1. The Morgan fingerprint density at radius 2 is 1.62 bits per heavy atom. The van der Waals surface area contributed by atoms with Crippen LogP contribution in [0.4, 0.5) is 5.69 Å². The lowest BCUT2D eigenvalue weighted by Crippen LogP contribution is -2.13. The van der Waals surface area contributed by atoms with Crippen LogP contribution in [0, 0.1) is 11.3 Å². The summed E-state index contributed by atoms with van der Waals surface area (Å²) in [4.78, 5) is 12.8. The number of amides is 1. The highest BCUT2D eigenvalue weighted by Gasteiger charge is 2.12. The molecule has 1 N–H and O–H groups in total. The van der Waals surface area contributed by atoms with Crippen LogP contribution in [0.5, 0.6) is 11.5 Å². The van der Waals surface area contributed by atoms with Gasteiger partial charge in [0.05, 0.1) is 4.47 Å². The molecule has 0 fully saturated rings. The van der Waals surface area contributed by atoms with E-state index in [1.165, 1.54) is 6.08 Å². The number of nitrogens with zero attached hydrogens (tertiary/aromatic N) is 1. The van der Waals surface area contributed by atoms with Crippen molar-refractivity contribution in [3.63, 3.8) is 0 Å². The van der Waals surface area contributed by atoms with Crippen LogP contribution in [0.15, 0.2) is 113 Å². The van der Waals surface area contributed by atoms with Gasteiger partial charge in [0, 0.05) is 21.3 Å². The molecule has 0 atom stereocenters. The topological polar surface area (TPSA) is 71.3 Å². The third-order valence-electron chi connectivity index (χ3n) is 6.42. The number of carbonyl (C=O) groups is 1. The molecule has 0 aliphatic carbocycles. The van der Waals surface area contributed by atoms with E-state index < -0.39 is 5.91 Å². The molecule has 8 heteroatoms. The summed E-state index contributed by atoms with van der Waals surface area (Å²) in [5.74, 6) is 0.734. The maximum atomic E-state index is 12.8. The molecule has 5 aromatic rings. The Morgan fingerprint density at radius 1 is 0.857 bits per heavy atom. The van der Waals surface area contributed by atoms with Crippen molar-refractivity contribution in [2.45, 2.75) is 13.2 Å². The summed E-state index contributed by atoms with van der Waals surface area (Å²) in [6.45, 7) is 0.672. The first kappa shape index (κ1) is 29.2. The molecule has 0 saturated heterocycles. The van der Waals surface area contributed by atoms with Crippen LogP contribution >= 0.6 is 39.1 Å². The smallest absolute Gasteiger partial charge is 0.266 e. The van der Waals surface area contributed by atoms with Gasteiger partial charge in [0.2, 0.25) is 0 Å². The van der Waals surface area contributed by atoms with Gasteiger partial charge in [-0.25, -0.2) is 0 Å². The Balaban J connectivity index is 1.20. The summed E-state index contributed by atoms with van der Waals surface area (Å²) in [5, 5.41) is 15.8. The van der Waals surface area contributed by atoms with Gasteiger partial charge in [0.25, 0.3) is 5.91 Å². The van der Waals surface area contributed by atoms with E-state index >= 15 is 0 Å². The number of ether oxygens (including phenoxy) is 2. The largest absolute Gasteiger partial charge is 0.489 e. The van der Waals surface area contributed by atoms with Gasteiger partial charge in [-0.15, -0.1) is 0 Å². The molecule has 0 aliphatic heterocycles. The van der Waals surface area contributed by atoms with Crippen LogP contribution in [0.25, 0.3) is 16.8 Å². The van der Waals surface area contributed by atoms with Crippen LogP contribution in [-0.4, -0.2) is 5.91 Å². The summed E-state index contributed by atoms with van der Waals surface area (Å²) in [6, 6.07) is 33.8. The lowest BCUT2D eigenvalue weighted by molar-refractivity contribution is -0.112. The first-order valence-electron chi connectivity index (χ1n) is 12.9. The van der Waals surface area contributed by atoms with Crippen molar-refractivity contribution in [2.75, 3.05) is 5.32 Å². The Kier molecular flexibility index (Phi) is 9.45. The second kappa shape index (κ2) is 13.6. The molecular formula is C34H23BrCl2N2O3. The third-order valence-corrected chi connectivity index (χ3v) is 7.62. The lowest BCUT2D eigenvalue weighted by Gasteiger charge is -2.11. The Labute approximate surface area is 262 Å². The molecule has 0 spiro atoms. The van der Waals surface area contributed by atoms with Crippen LogP contribution in [0.2, 0.25) is 10.0 Å². The summed E-state index contributed by atoms with van der Waals surface area (Å²) in [7, 11) is 0. The van der Waals surface area contributed by atoms with Crippen molar-refractivity contribution >= 4 is 67.6 Å². The second-order valence-corrected chi connectivity index (χ2v) is 11.0.